The number of nitrogen functional groups attached to an aromatic ring is 1. The molecule has 2 aromatic heterocycles. The van der Waals surface area contributed by atoms with Crippen molar-refractivity contribution in [2.75, 3.05) is 11.5 Å². The lowest BCUT2D eigenvalue weighted by atomic mass is 10.2. The van der Waals surface area contributed by atoms with Crippen LogP contribution in [-0.4, -0.2) is 25.3 Å². The molecule has 1 atom stereocenters. The third-order valence-electron chi connectivity index (χ3n) is 3.32. The maximum Gasteiger partial charge on any atom is 0.328 e. The number of anilines is 1. The summed E-state index contributed by atoms with van der Waals surface area (Å²) in [6.07, 6.45) is 0. The first-order chi connectivity index (χ1) is 11.6. The van der Waals surface area contributed by atoms with Crippen LogP contribution in [0.25, 0.3) is 11.2 Å². The molecule has 3 rings (SSSR count). The van der Waals surface area contributed by atoms with Crippen LogP contribution >= 0.6 is 0 Å². The summed E-state index contributed by atoms with van der Waals surface area (Å²) in [5.41, 5.74) is 7.50. The highest BCUT2D eigenvalue weighted by molar-refractivity contribution is 7.85. The fourth-order valence-corrected chi connectivity index (χ4v) is 2.85. The Labute approximate surface area is 142 Å². The van der Waals surface area contributed by atoms with E-state index in [4.69, 9.17) is 10.5 Å². The second kappa shape index (κ2) is 7.87. The second-order valence-corrected chi connectivity index (χ2v) is 6.50. The van der Waals surface area contributed by atoms with Crippen molar-refractivity contribution >= 4 is 27.7 Å². The molecule has 1 unspecified atom stereocenters. The second-order valence-electron chi connectivity index (χ2n) is 4.77. The number of nitrogens with one attached hydrogen (secondary N) is 2. The maximum absolute atomic E-state index is 12.2. The Morgan fingerprint density at radius 3 is 2.54 bits per heavy atom. The Hall–Kier alpha value is -2.48. The predicted molar refractivity (Wildman–Crippen MR) is 98.3 cm³/mol. The van der Waals surface area contributed by atoms with Gasteiger partial charge in [-0.15, -0.1) is 0 Å². The third kappa shape index (κ3) is 3.53. The highest BCUT2D eigenvalue weighted by Crippen LogP contribution is 2.17. The number of H-pyrrole nitrogens is 1. The van der Waals surface area contributed by atoms with Gasteiger partial charge in [-0.25, -0.2) is 14.8 Å². The number of imidazole rings is 1. The number of rotatable bonds is 4. The number of nitrogens with zero attached hydrogens (tertiary/aromatic N) is 3. The Morgan fingerprint density at radius 1 is 1.25 bits per heavy atom. The Balaban J connectivity index is 0.00000100. The molecule has 0 spiro atoms. The summed E-state index contributed by atoms with van der Waals surface area (Å²) in [7, 11) is -0.834. The van der Waals surface area contributed by atoms with Crippen molar-refractivity contribution in [1.29, 1.82) is 4.78 Å². The van der Waals surface area contributed by atoms with Gasteiger partial charge in [-0.1, -0.05) is 51.1 Å². The molecule has 7 nitrogen and oxygen atoms in total. The van der Waals surface area contributed by atoms with Crippen molar-refractivity contribution in [3.05, 3.63) is 46.4 Å². The van der Waals surface area contributed by atoms with Crippen LogP contribution in [0, 0.1) is 4.78 Å². The van der Waals surface area contributed by atoms with Gasteiger partial charge in [0.05, 0.1) is 6.54 Å². The zero-order valence-corrected chi connectivity index (χ0v) is 14.9. The lowest BCUT2D eigenvalue weighted by molar-refractivity contribution is 0.771. The zero-order chi connectivity index (χ0) is 17.7. The lowest BCUT2D eigenvalue weighted by Crippen LogP contribution is -2.18. The van der Waals surface area contributed by atoms with E-state index >= 15 is 0 Å². The van der Waals surface area contributed by atoms with Crippen molar-refractivity contribution in [3.8, 4) is 0 Å². The van der Waals surface area contributed by atoms with E-state index in [-0.39, 0.29) is 11.5 Å². The van der Waals surface area contributed by atoms with Gasteiger partial charge in [-0.05, 0) is 16.3 Å². The van der Waals surface area contributed by atoms with Gasteiger partial charge >= 0.3 is 5.69 Å². The van der Waals surface area contributed by atoms with Crippen LogP contribution in [0.3, 0.4) is 0 Å². The molecule has 8 heteroatoms. The number of nitrogens with two attached hydrogens (primary N) is 1. The first-order valence-corrected chi connectivity index (χ1v) is 9.21. The van der Waals surface area contributed by atoms with E-state index < -0.39 is 10.7 Å². The normalized spacial score (nSPS) is 11.8. The number of aromatic nitrogens is 4. The molecule has 0 aliphatic heterocycles. The summed E-state index contributed by atoms with van der Waals surface area (Å²) in [5, 5.41) is 0.369. The molecule has 0 amide bonds. The average molecular weight is 346 g/mol. The molecule has 0 aliphatic rings. The van der Waals surface area contributed by atoms with Gasteiger partial charge in [0.2, 0.25) is 5.16 Å². The smallest absolute Gasteiger partial charge is 0.328 e. The van der Waals surface area contributed by atoms with Crippen molar-refractivity contribution < 1.29 is 0 Å². The summed E-state index contributed by atoms with van der Waals surface area (Å²) < 4.78 is 9.51. The number of aromatic amines is 1. The average Bonchev–Trinajstić information content (AvgIpc) is 2.93. The van der Waals surface area contributed by atoms with E-state index in [0.29, 0.717) is 28.6 Å². The maximum atomic E-state index is 12.2. The monoisotopic (exact) mass is 346 g/mol. The minimum Gasteiger partial charge on any atom is -0.382 e. The van der Waals surface area contributed by atoms with Crippen LogP contribution in [0.15, 0.2) is 40.3 Å². The van der Waals surface area contributed by atoms with Gasteiger partial charge in [0.15, 0.2) is 11.5 Å². The largest absolute Gasteiger partial charge is 0.382 e. The summed E-state index contributed by atoms with van der Waals surface area (Å²) in [6.45, 7) is 6.29. The van der Waals surface area contributed by atoms with Gasteiger partial charge in [0.25, 0.3) is 0 Å². The molecule has 2 heterocycles. The standard InChI is InChI=1S/C14H16N6OS.C2H6/c1-2-22(16)13-18-11(15)10-12(19-13)20(14(21)17-10)8-9-6-4-3-5-7-9;1-2/h3-7,16H,2,8H2,1H3,(H,17,21)(H2,15,18,19);1-2H3. The zero-order valence-electron chi connectivity index (χ0n) is 14.0. The molecule has 0 saturated heterocycles. The van der Waals surface area contributed by atoms with Crippen LogP contribution in [-0.2, 0) is 17.2 Å². The van der Waals surface area contributed by atoms with Crippen molar-refractivity contribution in [2.45, 2.75) is 32.5 Å². The molecule has 1 aromatic carbocycles. The van der Waals surface area contributed by atoms with Crippen LogP contribution in [0.5, 0.6) is 0 Å². The number of fused-ring (bicyclic) bond motifs is 1. The molecule has 0 aliphatic carbocycles. The molecule has 0 fully saturated rings. The van der Waals surface area contributed by atoms with Crippen molar-refractivity contribution in [1.82, 2.24) is 19.5 Å². The van der Waals surface area contributed by atoms with E-state index in [1.165, 1.54) is 4.57 Å². The van der Waals surface area contributed by atoms with Crippen LogP contribution in [0.1, 0.15) is 26.3 Å². The van der Waals surface area contributed by atoms with Gasteiger partial charge in [-0.3, -0.25) is 9.35 Å². The van der Waals surface area contributed by atoms with Gasteiger partial charge in [0.1, 0.15) is 5.52 Å². The summed E-state index contributed by atoms with van der Waals surface area (Å²) in [6, 6.07) is 9.65. The molecule has 0 saturated carbocycles. The molecule has 0 radical (unpaired) electrons. The van der Waals surface area contributed by atoms with Gasteiger partial charge < -0.3 is 10.7 Å². The lowest BCUT2D eigenvalue weighted by Gasteiger charge is -2.06. The highest BCUT2D eigenvalue weighted by atomic mass is 32.2. The number of hydrogen-bond donors (Lipinski definition) is 3. The first kappa shape index (κ1) is 17.9. The topological polar surface area (TPSA) is 113 Å². The van der Waals surface area contributed by atoms with Crippen LogP contribution in [0.4, 0.5) is 5.82 Å². The Kier molecular flexibility index (Phi) is 5.86. The summed E-state index contributed by atoms with van der Waals surface area (Å²) in [4.78, 5) is 23.4. The van der Waals surface area contributed by atoms with E-state index in [9.17, 15) is 4.79 Å². The Morgan fingerprint density at radius 2 is 1.92 bits per heavy atom. The van der Waals surface area contributed by atoms with Gasteiger partial charge in [-0.2, -0.15) is 0 Å². The minimum absolute atomic E-state index is 0.210. The van der Waals surface area contributed by atoms with E-state index in [0.717, 1.165) is 5.56 Å². The van der Waals surface area contributed by atoms with E-state index in [1.54, 1.807) is 0 Å². The number of hydrogen-bond acceptors (Lipinski definition) is 5. The Bertz CT molecular complexity index is 900. The van der Waals surface area contributed by atoms with E-state index in [2.05, 4.69) is 15.0 Å². The van der Waals surface area contributed by atoms with Crippen molar-refractivity contribution in [2.24, 2.45) is 0 Å². The highest BCUT2D eigenvalue weighted by Gasteiger charge is 2.15. The quantitative estimate of drug-likeness (QED) is 0.630. The molecule has 128 valence electrons. The number of benzene rings is 1. The van der Waals surface area contributed by atoms with Gasteiger partial charge in [0, 0.05) is 5.75 Å². The fourth-order valence-electron chi connectivity index (χ4n) is 2.18. The molecule has 3 aromatic rings. The minimum atomic E-state index is -0.834. The predicted octanol–water partition coefficient (Wildman–Crippen LogP) is 2.54. The summed E-state index contributed by atoms with van der Waals surface area (Å²) >= 11 is 0. The molecule has 24 heavy (non-hydrogen) atoms. The van der Waals surface area contributed by atoms with Crippen molar-refractivity contribution in [3.63, 3.8) is 0 Å². The first-order valence-electron chi connectivity index (χ1n) is 7.82. The molecular formula is C16H22N6OS. The molecular weight excluding hydrogens is 324 g/mol. The summed E-state index contributed by atoms with van der Waals surface area (Å²) in [5.74, 6) is 0.820. The fraction of sp³-hybridized carbons (Fsp3) is 0.312. The SMILES string of the molecule is CC.CCS(=N)c1nc(N)c2[nH]c(=O)n(Cc3ccccc3)c2n1. The third-order valence-corrected chi connectivity index (χ3v) is 4.52. The van der Waals surface area contributed by atoms with E-state index in [1.807, 2.05) is 51.1 Å². The van der Waals surface area contributed by atoms with Crippen LogP contribution in [0.2, 0.25) is 0 Å². The molecule has 4 N–H and O–H groups in total. The molecule has 0 bridgehead atoms. The van der Waals surface area contributed by atoms with Crippen LogP contribution < -0.4 is 11.4 Å².